The molecular weight excluding hydrogens is 264 g/mol. The van der Waals surface area contributed by atoms with Gasteiger partial charge in [-0.2, -0.15) is 0 Å². The third-order valence-corrected chi connectivity index (χ3v) is 4.84. The van der Waals surface area contributed by atoms with Crippen LogP contribution in [0.3, 0.4) is 0 Å². The Bertz CT molecular complexity index is 410. The van der Waals surface area contributed by atoms with Crippen molar-refractivity contribution in [1.29, 1.82) is 0 Å². The van der Waals surface area contributed by atoms with Gasteiger partial charge in [0.1, 0.15) is 0 Å². The van der Waals surface area contributed by atoms with Crippen LogP contribution >= 0.6 is 0 Å². The molecule has 0 spiro atoms. The van der Waals surface area contributed by atoms with Crippen LogP contribution in [0.25, 0.3) is 0 Å². The fraction of sp³-hybridized carbons (Fsp3) is 0.923. The van der Waals surface area contributed by atoms with Gasteiger partial charge in [0.2, 0.25) is 15.9 Å². The van der Waals surface area contributed by atoms with E-state index in [-0.39, 0.29) is 23.9 Å². The molecule has 1 amide bonds. The van der Waals surface area contributed by atoms with Crippen molar-refractivity contribution in [2.75, 3.05) is 19.3 Å². The predicted molar refractivity (Wildman–Crippen MR) is 76.3 cm³/mol. The van der Waals surface area contributed by atoms with Crippen LogP contribution in [0.4, 0.5) is 0 Å². The van der Waals surface area contributed by atoms with Crippen molar-refractivity contribution < 1.29 is 13.2 Å². The lowest BCUT2D eigenvalue weighted by Gasteiger charge is -2.37. The van der Waals surface area contributed by atoms with Crippen molar-refractivity contribution in [3.8, 4) is 0 Å². The second-order valence-corrected chi connectivity index (χ2v) is 7.88. The van der Waals surface area contributed by atoms with Gasteiger partial charge in [0.05, 0.1) is 12.2 Å². The summed E-state index contributed by atoms with van der Waals surface area (Å²) in [5.41, 5.74) is 0. The number of hydrogen-bond acceptors (Lipinski definition) is 3. The molecule has 6 heteroatoms. The van der Waals surface area contributed by atoms with Crippen molar-refractivity contribution >= 4 is 15.9 Å². The second-order valence-electron chi connectivity index (χ2n) is 5.89. The van der Waals surface area contributed by atoms with Gasteiger partial charge in [-0.3, -0.25) is 4.79 Å². The Hall–Kier alpha value is -0.620. The topological polar surface area (TPSA) is 57.7 Å². The van der Waals surface area contributed by atoms with Gasteiger partial charge in [-0.25, -0.2) is 12.7 Å². The number of hydrogen-bond donors (Lipinski definition) is 0. The Balaban J connectivity index is 2.82. The maximum Gasteiger partial charge on any atom is 0.227 e. The SMILES string of the molecule is CC(C)N(C(=O)[C@H]1CCCN(S(C)(=O)=O)C1)C(C)C. The maximum absolute atomic E-state index is 12.6. The molecule has 0 aromatic carbocycles. The Morgan fingerprint density at radius 1 is 1.21 bits per heavy atom. The summed E-state index contributed by atoms with van der Waals surface area (Å²) in [4.78, 5) is 14.4. The van der Waals surface area contributed by atoms with Crippen LogP contribution in [-0.4, -0.2) is 55.0 Å². The zero-order valence-corrected chi connectivity index (χ0v) is 13.4. The molecule has 1 aliphatic heterocycles. The zero-order chi connectivity index (χ0) is 14.8. The van der Waals surface area contributed by atoms with Crippen molar-refractivity contribution in [2.24, 2.45) is 5.92 Å². The smallest absolute Gasteiger partial charge is 0.227 e. The molecule has 0 N–H and O–H groups in total. The quantitative estimate of drug-likeness (QED) is 0.784. The van der Waals surface area contributed by atoms with E-state index in [1.165, 1.54) is 10.6 Å². The average molecular weight is 290 g/mol. The molecular formula is C13H26N2O3S. The molecule has 1 rings (SSSR count). The largest absolute Gasteiger partial charge is 0.338 e. The highest BCUT2D eigenvalue weighted by molar-refractivity contribution is 7.88. The van der Waals surface area contributed by atoms with E-state index in [4.69, 9.17) is 0 Å². The summed E-state index contributed by atoms with van der Waals surface area (Å²) in [6.07, 6.45) is 2.75. The summed E-state index contributed by atoms with van der Waals surface area (Å²) in [6.45, 7) is 8.84. The molecule has 0 aromatic rings. The monoisotopic (exact) mass is 290 g/mol. The minimum absolute atomic E-state index is 0.0818. The number of sulfonamides is 1. The van der Waals surface area contributed by atoms with Crippen LogP contribution < -0.4 is 0 Å². The van der Waals surface area contributed by atoms with E-state index in [1.54, 1.807) is 0 Å². The summed E-state index contributed by atoms with van der Waals surface area (Å²) in [7, 11) is -3.20. The third kappa shape index (κ3) is 4.18. The first kappa shape index (κ1) is 16.4. The third-order valence-electron chi connectivity index (χ3n) is 3.57. The molecule has 5 nitrogen and oxygen atoms in total. The molecule has 0 unspecified atom stereocenters. The van der Waals surface area contributed by atoms with E-state index < -0.39 is 10.0 Å². The lowest BCUT2D eigenvalue weighted by Crippen LogP contribution is -2.50. The van der Waals surface area contributed by atoms with Crippen molar-refractivity contribution in [3.05, 3.63) is 0 Å². The van der Waals surface area contributed by atoms with Gasteiger partial charge in [0.25, 0.3) is 0 Å². The van der Waals surface area contributed by atoms with Crippen LogP contribution in [0.15, 0.2) is 0 Å². The lowest BCUT2D eigenvalue weighted by molar-refractivity contribution is -0.140. The highest BCUT2D eigenvalue weighted by atomic mass is 32.2. The van der Waals surface area contributed by atoms with Crippen LogP contribution in [0.5, 0.6) is 0 Å². The molecule has 1 aliphatic rings. The van der Waals surface area contributed by atoms with Gasteiger partial charge in [-0.1, -0.05) is 0 Å². The molecule has 0 aromatic heterocycles. The van der Waals surface area contributed by atoms with Gasteiger partial charge >= 0.3 is 0 Å². The number of nitrogens with zero attached hydrogens (tertiary/aromatic N) is 2. The minimum Gasteiger partial charge on any atom is -0.338 e. The maximum atomic E-state index is 12.6. The van der Waals surface area contributed by atoms with Gasteiger partial charge in [-0.05, 0) is 40.5 Å². The zero-order valence-electron chi connectivity index (χ0n) is 12.6. The first-order valence-electron chi connectivity index (χ1n) is 6.92. The predicted octanol–water partition coefficient (Wildman–Crippen LogP) is 1.30. The van der Waals surface area contributed by atoms with Gasteiger partial charge < -0.3 is 4.90 Å². The molecule has 19 heavy (non-hydrogen) atoms. The van der Waals surface area contributed by atoms with Gasteiger partial charge in [0, 0.05) is 25.2 Å². The molecule has 0 radical (unpaired) electrons. The normalized spacial score (nSPS) is 21.9. The fourth-order valence-electron chi connectivity index (χ4n) is 2.76. The summed E-state index contributed by atoms with van der Waals surface area (Å²) >= 11 is 0. The highest BCUT2D eigenvalue weighted by Gasteiger charge is 2.34. The molecule has 0 saturated carbocycles. The summed E-state index contributed by atoms with van der Waals surface area (Å²) < 4.78 is 24.6. The fourth-order valence-corrected chi connectivity index (χ4v) is 3.67. The van der Waals surface area contributed by atoms with Crippen molar-refractivity contribution in [2.45, 2.75) is 52.6 Å². The van der Waals surface area contributed by atoms with Crippen LogP contribution in [0.1, 0.15) is 40.5 Å². The summed E-state index contributed by atoms with van der Waals surface area (Å²) in [5, 5.41) is 0. The van der Waals surface area contributed by atoms with E-state index in [0.717, 1.165) is 12.8 Å². The molecule has 1 atom stereocenters. The minimum atomic E-state index is -3.20. The Labute approximate surface area is 117 Å². The van der Waals surface area contributed by atoms with Crippen molar-refractivity contribution in [1.82, 2.24) is 9.21 Å². The first-order chi connectivity index (χ1) is 8.64. The highest BCUT2D eigenvalue weighted by Crippen LogP contribution is 2.22. The van der Waals surface area contributed by atoms with Crippen molar-refractivity contribution in [3.63, 3.8) is 0 Å². The molecule has 1 heterocycles. The molecule has 1 fully saturated rings. The number of amides is 1. The molecule has 112 valence electrons. The number of piperidine rings is 1. The molecule has 0 bridgehead atoms. The molecule has 0 aliphatic carbocycles. The van der Waals surface area contributed by atoms with Gasteiger partial charge in [-0.15, -0.1) is 0 Å². The standard InChI is InChI=1S/C13H26N2O3S/c1-10(2)15(11(3)4)13(16)12-7-6-8-14(9-12)19(5,17)18/h10-12H,6-9H2,1-5H3/t12-/m0/s1. The second kappa shape index (κ2) is 6.22. The number of carbonyl (C=O) groups is 1. The molecule has 1 saturated heterocycles. The van der Waals surface area contributed by atoms with E-state index in [2.05, 4.69) is 0 Å². The van der Waals surface area contributed by atoms with E-state index in [1.807, 2.05) is 32.6 Å². The number of rotatable bonds is 4. The summed E-state index contributed by atoms with van der Waals surface area (Å²) in [6, 6.07) is 0.280. The number of carbonyl (C=O) groups excluding carboxylic acids is 1. The van der Waals surface area contributed by atoms with E-state index in [0.29, 0.717) is 13.1 Å². The van der Waals surface area contributed by atoms with E-state index >= 15 is 0 Å². The van der Waals surface area contributed by atoms with Crippen LogP contribution in [-0.2, 0) is 14.8 Å². The Morgan fingerprint density at radius 2 is 1.74 bits per heavy atom. The average Bonchev–Trinajstić information content (AvgIpc) is 2.27. The lowest BCUT2D eigenvalue weighted by atomic mass is 9.97. The Kier molecular flexibility index (Phi) is 5.38. The summed E-state index contributed by atoms with van der Waals surface area (Å²) in [5.74, 6) is -0.119. The van der Waals surface area contributed by atoms with Gasteiger partial charge in [0.15, 0.2) is 0 Å². The Morgan fingerprint density at radius 3 is 2.16 bits per heavy atom. The van der Waals surface area contributed by atoms with E-state index in [9.17, 15) is 13.2 Å². The first-order valence-corrected chi connectivity index (χ1v) is 8.76. The van der Waals surface area contributed by atoms with Crippen LogP contribution in [0, 0.1) is 5.92 Å². The van der Waals surface area contributed by atoms with Crippen LogP contribution in [0.2, 0.25) is 0 Å².